The van der Waals surface area contributed by atoms with Gasteiger partial charge in [-0.15, -0.1) is 0 Å². The summed E-state index contributed by atoms with van der Waals surface area (Å²) in [5, 5.41) is 0. The second-order valence-electron chi connectivity index (χ2n) is 5.38. The highest BCUT2D eigenvalue weighted by molar-refractivity contribution is 5.13. The van der Waals surface area contributed by atoms with Gasteiger partial charge in [0, 0.05) is 5.56 Å². The molecule has 0 aliphatic carbocycles. The van der Waals surface area contributed by atoms with Gasteiger partial charge in [0.05, 0.1) is 6.04 Å². The van der Waals surface area contributed by atoms with Crippen LogP contribution in [0.4, 0.5) is 0 Å². The Morgan fingerprint density at radius 2 is 1.71 bits per heavy atom. The molecule has 1 aliphatic rings. The summed E-state index contributed by atoms with van der Waals surface area (Å²) in [4.78, 5) is 3.56. The van der Waals surface area contributed by atoms with Gasteiger partial charge in [0.25, 0.3) is 0 Å². The molecule has 0 unspecified atom stereocenters. The van der Waals surface area contributed by atoms with Crippen LogP contribution >= 0.6 is 0 Å². The van der Waals surface area contributed by atoms with Crippen LogP contribution in [-0.4, -0.2) is 32.2 Å². The molecule has 0 bridgehead atoms. The molecule has 1 fully saturated rings. The number of nitrogens with one attached hydrogen (secondary N) is 2. The van der Waals surface area contributed by atoms with Crippen LogP contribution in [0, 0.1) is 0 Å². The van der Waals surface area contributed by atoms with Crippen LogP contribution in [0.3, 0.4) is 0 Å². The van der Waals surface area contributed by atoms with Crippen LogP contribution in [0.1, 0.15) is 25.8 Å². The van der Waals surface area contributed by atoms with E-state index < -0.39 is 0 Å². The Labute approximate surface area is 105 Å². The predicted molar refractivity (Wildman–Crippen MR) is 71.3 cm³/mol. The number of quaternary nitrogens is 2. The molecule has 1 saturated heterocycles. The molecule has 2 heteroatoms. The van der Waals surface area contributed by atoms with Gasteiger partial charge in [0.1, 0.15) is 32.7 Å². The lowest BCUT2D eigenvalue weighted by molar-refractivity contribution is -1.03. The van der Waals surface area contributed by atoms with Crippen LogP contribution in [0.25, 0.3) is 0 Å². The summed E-state index contributed by atoms with van der Waals surface area (Å²) in [6, 6.07) is 11.7. The third-order valence-electron chi connectivity index (χ3n) is 4.21. The van der Waals surface area contributed by atoms with Crippen molar-refractivity contribution in [3.05, 3.63) is 35.9 Å². The average Bonchev–Trinajstić information content (AvgIpc) is 2.40. The minimum atomic E-state index is 0.841. The number of hydrogen-bond donors (Lipinski definition) is 2. The third kappa shape index (κ3) is 3.55. The SMILES string of the molecule is CC[C@H](C)[NH+]1CC[NH+](Cc2ccccc2)CC1. The molecule has 2 rings (SSSR count). The van der Waals surface area contributed by atoms with E-state index in [1.54, 1.807) is 4.90 Å². The molecule has 0 saturated carbocycles. The van der Waals surface area contributed by atoms with E-state index in [1.807, 2.05) is 4.90 Å². The molecule has 0 radical (unpaired) electrons. The van der Waals surface area contributed by atoms with Gasteiger partial charge in [0.15, 0.2) is 0 Å². The zero-order valence-corrected chi connectivity index (χ0v) is 11.2. The van der Waals surface area contributed by atoms with E-state index >= 15 is 0 Å². The number of hydrogen-bond acceptors (Lipinski definition) is 0. The molecular weight excluding hydrogens is 208 g/mol. The lowest BCUT2D eigenvalue weighted by Crippen LogP contribution is -3.29. The van der Waals surface area contributed by atoms with Crippen molar-refractivity contribution in [2.75, 3.05) is 26.2 Å². The van der Waals surface area contributed by atoms with Gasteiger partial charge in [-0.3, -0.25) is 0 Å². The Kier molecular flexibility index (Phi) is 4.57. The average molecular weight is 234 g/mol. The van der Waals surface area contributed by atoms with E-state index in [0.717, 1.165) is 6.04 Å². The van der Waals surface area contributed by atoms with Crippen LogP contribution in [0.5, 0.6) is 0 Å². The molecule has 94 valence electrons. The number of benzene rings is 1. The number of piperazine rings is 1. The first-order valence-electron chi connectivity index (χ1n) is 7.01. The molecule has 17 heavy (non-hydrogen) atoms. The normalized spacial score (nSPS) is 26.7. The second-order valence-corrected chi connectivity index (χ2v) is 5.38. The van der Waals surface area contributed by atoms with Crippen molar-refractivity contribution in [1.82, 2.24) is 0 Å². The topological polar surface area (TPSA) is 8.88 Å². The molecule has 0 amide bonds. The first-order valence-corrected chi connectivity index (χ1v) is 7.01. The van der Waals surface area contributed by atoms with E-state index in [1.165, 1.54) is 44.7 Å². The highest BCUT2D eigenvalue weighted by Gasteiger charge is 2.25. The zero-order valence-electron chi connectivity index (χ0n) is 11.2. The van der Waals surface area contributed by atoms with Crippen molar-refractivity contribution in [3.63, 3.8) is 0 Å². The van der Waals surface area contributed by atoms with Gasteiger partial charge in [-0.1, -0.05) is 37.3 Å². The summed E-state index contributed by atoms with van der Waals surface area (Å²) in [5.74, 6) is 0. The molecule has 0 spiro atoms. The Morgan fingerprint density at radius 1 is 1.06 bits per heavy atom. The smallest absolute Gasteiger partial charge is 0.127 e. The number of rotatable bonds is 4. The summed E-state index contributed by atoms with van der Waals surface area (Å²) < 4.78 is 0. The Morgan fingerprint density at radius 3 is 2.29 bits per heavy atom. The molecule has 1 aromatic carbocycles. The van der Waals surface area contributed by atoms with Crippen molar-refractivity contribution in [2.24, 2.45) is 0 Å². The summed E-state index contributed by atoms with van der Waals surface area (Å²) in [6.45, 7) is 11.2. The molecule has 2 nitrogen and oxygen atoms in total. The van der Waals surface area contributed by atoms with Crippen LogP contribution < -0.4 is 9.80 Å². The molecule has 1 heterocycles. The first-order chi connectivity index (χ1) is 8.29. The van der Waals surface area contributed by atoms with E-state index in [0.29, 0.717) is 0 Å². The Bertz CT molecular complexity index is 315. The third-order valence-corrected chi connectivity index (χ3v) is 4.21. The summed E-state index contributed by atoms with van der Waals surface area (Å²) in [6.07, 6.45) is 1.31. The van der Waals surface area contributed by atoms with Gasteiger partial charge < -0.3 is 9.80 Å². The predicted octanol–water partition coefficient (Wildman–Crippen LogP) is -0.231. The monoisotopic (exact) mass is 234 g/mol. The standard InChI is InChI=1S/C15H24N2/c1-3-14(2)17-11-9-16(10-12-17)13-15-7-5-4-6-8-15/h4-8,14H,3,9-13H2,1-2H3/p+2/t14-/m0/s1. The maximum atomic E-state index is 2.39. The maximum Gasteiger partial charge on any atom is 0.127 e. The molecule has 2 N–H and O–H groups in total. The largest absolute Gasteiger partial charge is 0.323 e. The Balaban J connectivity index is 1.80. The highest BCUT2D eigenvalue weighted by atomic mass is 15.3. The van der Waals surface area contributed by atoms with E-state index in [2.05, 4.69) is 44.2 Å². The van der Waals surface area contributed by atoms with Crippen LogP contribution in [0.15, 0.2) is 30.3 Å². The lowest BCUT2D eigenvalue weighted by Gasteiger charge is -2.32. The zero-order chi connectivity index (χ0) is 12.1. The van der Waals surface area contributed by atoms with Gasteiger partial charge in [-0.2, -0.15) is 0 Å². The Hall–Kier alpha value is -0.860. The summed E-state index contributed by atoms with van der Waals surface area (Å²) >= 11 is 0. The summed E-state index contributed by atoms with van der Waals surface area (Å²) in [7, 11) is 0. The van der Waals surface area contributed by atoms with Crippen molar-refractivity contribution in [3.8, 4) is 0 Å². The fraction of sp³-hybridized carbons (Fsp3) is 0.600. The minimum absolute atomic E-state index is 0.841. The highest BCUT2D eigenvalue weighted by Crippen LogP contribution is 1.95. The van der Waals surface area contributed by atoms with E-state index in [4.69, 9.17) is 0 Å². The quantitative estimate of drug-likeness (QED) is 0.712. The van der Waals surface area contributed by atoms with Crippen molar-refractivity contribution < 1.29 is 9.80 Å². The molecule has 1 aromatic rings. The van der Waals surface area contributed by atoms with E-state index in [9.17, 15) is 0 Å². The van der Waals surface area contributed by atoms with Crippen molar-refractivity contribution in [2.45, 2.75) is 32.9 Å². The lowest BCUT2D eigenvalue weighted by atomic mass is 10.1. The first kappa shape index (κ1) is 12.6. The van der Waals surface area contributed by atoms with Crippen molar-refractivity contribution in [1.29, 1.82) is 0 Å². The minimum Gasteiger partial charge on any atom is -0.323 e. The van der Waals surface area contributed by atoms with E-state index in [-0.39, 0.29) is 0 Å². The fourth-order valence-corrected chi connectivity index (χ4v) is 2.77. The second kappa shape index (κ2) is 6.18. The van der Waals surface area contributed by atoms with Gasteiger partial charge in [0.2, 0.25) is 0 Å². The summed E-state index contributed by atoms with van der Waals surface area (Å²) in [5.41, 5.74) is 1.48. The molecular formula is C15H26N2+2. The molecule has 0 aromatic heterocycles. The van der Waals surface area contributed by atoms with Gasteiger partial charge in [-0.25, -0.2) is 0 Å². The fourth-order valence-electron chi connectivity index (χ4n) is 2.77. The van der Waals surface area contributed by atoms with Crippen LogP contribution in [-0.2, 0) is 6.54 Å². The van der Waals surface area contributed by atoms with Gasteiger partial charge in [-0.05, 0) is 13.3 Å². The van der Waals surface area contributed by atoms with Gasteiger partial charge >= 0.3 is 0 Å². The molecule has 1 aliphatic heterocycles. The molecule has 1 atom stereocenters. The van der Waals surface area contributed by atoms with Crippen molar-refractivity contribution >= 4 is 0 Å². The van der Waals surface area contributed by atoms with Crippen LogP contribution in [0.2, 0.25) is 0 Å². The maximum absolute atomic E-state index is 2.39.